The molecule has 2 rings (SSSR count). The van der Waals surface area contributed by atoms with E-state index in [1.54, 1.807) is 18.2 Å². The van der Waals surface area contributed by atoms with Gasteiger partial charge in [0.2, 0.25) is 0 Å². The summed E-state index contributed by atoms with van der Waals surface area (Å²) in [5.41, 5.74) is 7.48. The van der Waals surface area contributed by atoms with Crippen LogP contribution < -0.4 is 15.2 Å². The molecule has 0 bridgehead atoms. The number of ether oxygens (including phenoxy) is 2. The Morgan fingerprint density at radius 1 is 1.05 bits per heavy atom. The van der Waals surface area contributed by atoms with Crippen molar-refractivity contribution < 1.29 is 13.9 Å². The summed E-state index contributed by atoms with van der Waals surface area (Å²) in [5.74, 6) is 1.23. The normalized spacial score (nSPS) is 11.4. The number of hydrogen-bond donors (Lipinski definition) is 1. The Hall–Kier alpha value is -1.78. The number of rotatable bonds is 7. The summed E-state index contributed by atoms with van der Waals surface area (Å²) < 4.78 is 24.0. The molecule has 0 aliphatic carbocycles. The molecule has 0 spiro atoms. The van der Waals surface area contributed by atoms with Crippen molar-refractivity contribution in [2.45, 2.75) is 19.6 Å². The Labute approximate surface area is 136 Å². The summed E-state index contributed by atoms with van der Waals surface area (Å²) in [6, 6.07) is 14.5. The third-order valence-corrected chi connectivity index (χ3v) is 3.10. The fraction of sp³-hybridized carbons (Fsp3) is 0.294. The maximum atomic E-state index is 12.7. The summed E-state index contributed by atoms with van der Waals surface area (Å²) in [4.78, 5) is 0. The van der Waals surface area contributed by atoms with E-state index in [9.17, 15) is 4.39 Å². The van der Waals surface area contributed by atoms with Crippen LogP contribution in [0.2, 0.25) is 0 Å². The molecule has 0 heterocycles. The fourth-order valence-electron chi connectivity index (χ4n) is 1.97. The molecular formula is C17H21ClFNO2. The van der Waals surface area contributed by atoms with Gasteiger partial charge in [0, 0.05) is 0 Å². The van der Waals surface area contributed by atoms with Gasteiger partial charge in [-0.2, -0.15) is 0 Å². The predicted molar refractivity (Wildman–Crippen MR) is 88.5 cm³/mol. The topological polar surface area (TPSA) is 44.5 Å². The lowest BCUT2D eigenvalue weighted by molar-refractivity contribution is 0.269. The maximum Gasteiger partial charge on any atom is 0.161 e. The first-order chi connectivity index (χ1) is 10.2. The average Bonchev–Trinajstić information content (AvgIpc) is 2.54. The maximum absolute atomic E-state index is 12.7. The molecule has 1 atom stereocenters. The van der Waals surface area contributed by atoms with E-state index in [0.29, 0.717) is 30.3 Å². The summed E-state index contributed by atoms with van der Waals surface area (Å²) in [6.45, 7) is 2.25. The molecule has 0 radical (unpaired) electrons. The van der Waals surface area contributed by atoms with Crippen molar-refractivity contribution in [2.75, 3.05) is 13.3 Å². The molecule has 2 N–H and O–H groups in total. The van der Waals surface area contributed by atoms with Gasteiger partial charge in [0.05, 0.1) is 12.6 Å². The molecule has 3 nitrogen and oxygen atoms in total. The van der Waals surface area contributed by atoms with Crippen molar-refractivity contribution in [1.29, 1.82) is 0 Å². The van der Waals surface area contributed by atoms with Gasteiger partial charge in [-0.1, -0.05) is 36.4 Å². The van der Waals surface area contributed by atoms with Crippen molar-refractivity contribution in [2.24, 2.45) is 5.73 Å². The largest absolute Gasteiger partial charge is 0.490 e. The van der Waals surface area contributed by atoms with Crippen LogP contribution in [0.15, 0.2) is 48.5 Å². The molecule has 2 aromatic rings. The summed E-state index contributed by atoms with van der Waals surface area (Å²) in [7, 11) is 0. The predicted octanol–water partition coefficient (Wildman–Crippen LogP) is 4.06. The molecule has 2 aromatic carbocycles. The lowest BCUT2D eigenvalue weighted by atomic mass is 10.1. The van der Waals surface area contributed by atoms with E-state index in [4.69, 9.17) is 15.2 Å². The molecule has 0 aliphatic rings. The van der Waals surface area contributed by atoms with Gasteiger partial charge in [-0.3, -0.25) is 0 Å². The highest BCUT2D eigenvalue weighted by Crippen LogP contribution is 2.31. The minimum absolute atomic E-state index is 0. The second-order valence-electron chi connectivity index (χ2n) is 4.67. The van der Waals surface area contributed by atoms with Crippen molar-refractivity contribution in [3.05, 3.63) is 59.7 Å². The van der Waals surface area contributed by atoms with E-state index < -0.39 is 12.7 Å². The van der Waals surface area contributed by atoms with Crippen LogP contribution in [0.4, 0.5) is 4.39 Å². The number of benzene rings is 2. The smallest absolute Gasteiger partial charge is 0.161 e. The van der Waals surface area contributed by atoms with Crippen molar-refractivity contribution >= 4 is 12.4 Å². The van der Waals surface area contributed by atoms with Gasteiger partial charge in [0.1, 0.15) is 13.3 Å². The minimum atomic E-state index is -0.632. The molecular weight excluding hydrogens is 305 g/mol. The lowest BCUT2D eigenvalue weighted by Gasteiger charge is -2.15. The quantitative estimate of drug-likeness (QED) is 0.835. The van der Waals surface area contributed by atoms with Gasteiger partial charge >= 0.3 is 0 Å². The number of nitrogens with two attached hydrogens (primary N) is 1. The minimum Gasteiger partial charge on any atom is -0.490 e. The van der Waals surface area contributed by atoms with E-state index in [1.807, 2.05) is 37.3 Å². The molecule has 0 saturated carbocycles. The van der Waals surface area contributed by atoms with Gasteiger partial charge in [-0.15, -0.1) is 12.4 Å². The zero-order valence-corrected chi connectivity index (χ0v) is 13.3. The van der Waals surface area contributed by atoms with Crippen LogP contribution in [-0.2, 0) is 6.61 Å². The van der Waals surface area contributed by atoms with Crippen LogP contribution >= 0.6 is 12.4 Å². The number of halogens is 2. The van der Waals surface area contributed by atoms with E-state index in [1.165, 1.54) is 0 Å². The van der Waals surface area contributed by atoms with Crippen molar-refractivity contribution in [3.8, 4) is 11.5 Å². The van der Waals surface area contributed by atoms with Gasteiger partial charge in [-0.25, -0.2) is 4.39 Å². The van der Waals surface area contributed by atoms with E-state index in [2.05, 4.69) is 0 Å². The molecule has 0 saturated heterocycles. The third-order valence-electron chi connectivity index (χ3n) is 3.10. The van der Waals surface area contributed by atoms with E-state index in [-0.39, 0.29) is 12.4 Å². The molecule has 0 aromatic heterocycles. The zero-order chi connectivity index (χ0) is 15.1. The van der Waals surface area contributed by atoms with Gasteiger partial charge in [-0.05, 0) is 30.2 Å². The summed E-state index contributed by atoms with van der Waals surface area (Å²) in [6.07, 6.45) is 0. The zero-order valence-electron chi connectivity index (χ0n) is 12.5. The SMILES string of the molecule is CCOc1cc([C@H](N)CF)ccc1OCc1ccccc1.Cl. The lowest BCUT2D eigenvalue weighted by Crippen LogP contribution is -2.12. The second-order valence-corrected chi connectivity index (χ2v) is 4.67. The van der Waals surface area contributed by atoms with Crippen molar-refractivity contribution in [1.82, 2.24) is 0 Å². The molecule has 5 heteroatoms. The Bertz CT molecular complexity index is 566. The highest BCUT2D eigenvalue weighted by Gasteiger charge is 2.11. The second kappa shape index (κ2) is 9.28. The fourth-order valence-corrected chi connectivity index (χ4v) is 1.97. The van der Waals surface area contributed by atoms with E-state index in [0.717, 1.165) is 5.56 Å². The first kappa shape index (κ1) is 18.3. The summed E-state index contributed by atoms with van der Waals surface area (Å²) in [5, 5.41) is 0. The first-order valence-electron chi connectivity index (χ1n) is 6.99. The van der Waals surface area contributed by atoms with E-state index >= 15 is 0 Å². The van der Waals surface area contributed by atoms with Crippen LogP contribution in [0, 0.1) is 0 Å². The Balaban J connectivity index is 0.00000242. The Kier molecular flexibility index (Phi) is 7.71. The van der Waals surface area contributed by atoms with Crippen LogP contribution in [0.25, 0.3) is 0 Å². The standard InChI is InChI=1S/C17H20FNO2.ClH/c1-2-20-17-10-14(15(19)11-18)8-9-16(17)21-12-13-6-4-3-5-7-13;/h3-10,15H,2,11-12,19H2,1H3;1H/t15-;/m1./s1. The van der Waals surface area contributed by atoms with Gasteiger partial charge in [0.15, 0.2) is 11.5 Å². The molecule has 0 amide bonds. The summed E-state index contributed by atoms with van der Waals surface area (Å²) >= 11 is 0. The number of alkyl halides is 1. The Morgan fingerprint density at radius 2 is 1.77 bits per heavy atom. The highest BCUT2D eigenvalue weighted by atomic mass is 35.5. The third kappa shape index (κ3) is 4.90. The monoisotopic (exact) mass is 325 g/mol. The van der Waals surface area contributed by atoms with Crippen LogP contribution in [0.5, 0.6) is 11.5 Å². The molecule has 0 unspecified atom stereocenters. The molecule has 0 fully saturated rings. The Morgan fingerprint density at radius 3 is 2.41 bits per heavy atom. The molecule has 22 heavy (non-hydrogen) atoms. The first-order valence-corrected chi connectivity index (χ1v) is 6.99. The van der Waals surface area contributed by atoms with Gasteiger partial charge < -0.3 is 15.2 Å². The van der Waals surface area contributed by atoms with Crippen LogP contribution in [0.1, 0.15) is 24.1 Å². The van der Waals surface area contributed by atoms with Crippen LogP contribution in [0.3, 0.4) is 0 Å². The number of hydrogen-bond acceptors (Lipinski definition) is 3. The van der Waals surface area contributed by atoms with Crippen LogP contribution in [-0.4, -0.2) is 13.3 Å². The average molecular weight is 326 g/mol. The van der Waals surface area contributed by atoms with Crippen molar-refractivity contribution in [3.63, 3.8) is 0 Å². The molecule has 120 valence electrons. The highest BCUT2D eigenvalue weighted by molar-refractivity contribution is 5.85. The van der Waals surface area contributed by atoms with Gasteiger partial charge in [0.25, 0.3) is 0 Å². The molecule has 0 aliphatic heterocycles.